The number of carbonyl (C=O) groups excluding carboxylic acids is 2. The Morgan fingerprint density at radius 2 is 2.10 bits per heavy atom. The van der Waals surface area contributed by atoms with E-state index in [2.05, 4.69) is 4.99 Å². The minimum Gasteiger partial charge on any atom is -0.331 e. The number of hydrogen-bond donors (Lipinski definition) is 0. The van der Waals surface area contributed by atoms with Crippen LogP contribution in [0.1, 0.15) is 6.92 Å². The van der Waals surface area contributed by atoms with Crippen molar-refractivity contribution in [2.45, 2.75) is 6.92 Å². The Hall–Kier alpha value is -1.19. The number of amides is 2. The molecule has 0 saturated heterocycles. The molecule has 0 radical (unpaired) electrons. The van der Waals surface area contributed by atoms with Gasteiger partial charge in [0.05, 0.1) is 0 Å². The molecular formula is C6H8N2O2. The fraction of sp³-hybridized carbons (Fsp3) is 0.500. The maximum atomic E-state index is 10.9. The summed E-state index contributed by atoms with van der Waals surface area (Å²) in [6.07, 6.45) is 0. The maximum Gasteiger partial charge on any atom is 0.268 e. The van der Waals surface area contributed by atoms with Crippen molar-refractivity contribution < 1.29 is 9.59 Å². The van der Waals surface area contributed by atoms with E-state index in [0.29, 0.717) is 0 Å². The zero-order valence-electron chi connectivity index (χ0n) is 5.92. The van der Waals surface area contributed by atoms with Gasteiger partial charge in [-0.05, 0) is 6.92 Å². The van der Waals surface area contributed by atoms with E-state index in [-0.39, 0.29) is 24.1 Å². The SMILES string of the molecule is CC1=NC(=O)CN(C)C1=O. The summed E-state index contributed by atoms with van der Waals surface area (Å²) in [4.78, 5) is 26.4. The fourth-order valence-electron chi connectivity index (χ4n) is 0.821. The molecule has 0 saturated carbocycles. The van der Waals surface area contributed by atoms with Crippen LogP contribution in [0.4, 0.5) is 0 Å². The molecule has 0 spiro atoms. The normalized spacial score (nSPS) is 19.4. The average Bonchev–Trinajstić information content (AvgIpc) is 1.82. The van der Waals surface area contributed by atoms with Crippen molar-refractivity contribution in [1.82, 2.24) is 4.90 Å². The zero-order valence-corrected chi connectivity index (χ0v) is 5.92. The van der Waals surface area contributed by atoms with Crippen LogP contribution in [-0.2, 0) is 9.59 Å². The lowest BCUT2D eigenvalue weighted by Crippen LogP contribution is -2.40. The standard InChI is InChI=1S/C6H8N2O2/c1-4-6(10)8(2)3-5(9)7-4/h3H2,1-2H3. The van der Waals surface area contributed by atoms with Gasteiger partial charge in [0.2, 0.25) is 0 Å². The number of nitrogens with zero attached hydrogens (tertiary/aromatic N) is 2. The Kier molecular flexibility index (Phi) is 1.53. The van der Waals surface area contributed by atoms with Crippen molar-refractivity contribution in [1.29, 1.82) is 0 Å². The molecule has 0 aromatic carbocycles. The first-order chi connectivity index (χ1) is 4.61. The second-order valence-corrected chi connectivity index (χ2v) is 2.25. The van der Waals surface area contributed by atoms with Crippen LogP contribution in [-0.4, -0.2) is 36.0 Å². The third-order valence-corrected chi connectivity index (χ3v) is 1.32. The van der Waals surface area contributed by atoms with Crippen LogP contribution in [0.2, 0.25) is 0 Å². The van der Waals surface area contributed by atoms with Crippen LogP contribution in [0, 0.1) is 0 Å². The van der Waals surface area contributed by atoms with Crippen LogP contribution >= 0.6 is 0 Å². The van der Waals surface area contributed by atoms with Crippen molar-refractivity contribution in [2.24, 2.45) is 4.99 Å². The monoisotopic (exact) mass is 140 g/mol. The summed E-state index contributed by atoms with van der Waals surface area (Å²) in [5.41, 5.74) is 0.277. The molecule has 54 valence electrons. The summed E-state index contributed by atoms with van der Waals surface area (Å²) >= 11 is 0. The van der Waals surface area contributed by atoms with Gasteiger partial charge in [0.1, 0.15) is 12.3 Å². The number of aliphatic imine (C=N–C) groups is 1. The Morgan fingerprint density at radius 3 is 2.60 bits per heavy atom. The fourth-order valence-corrected chi connectivity index (χ4v) is 0.821. The summed E-state index contributed by atoms with van der Waals surface area (Å²) in [5, 5.41) is 0. The van der Waals surface area contributed by atoms with Crippen LogP contribution in [0.5, 0.6) is 0 Å². The van der Waals surface area contributed by atoms with E-state index < -0.39 is 0 Å². The highest BCUT2D eigenvalue weighted by Gasteiger charge is 2.20. The number of rotatable bonds is 0. The molecule has 1 aliphatic heterocycles. The van der Waals surface area contributed by atoms with Crippen molar-refractivity contribution in [3.63, 3.8) is 0 Å². The molecule has 1 aliphatic rings. The lowest BCUT2D eigenvalue weighted by atomic mass is 10.3. The van der Waals surface area contributed by atoms with E-state index in [4.69, 9.17) is 0 Å². The summed E-state index contributed by atoms with van der Waals surface area (Å²) in [6, 6.07) is 0. The highest BCUT2D eigenvalue weighted by Crippen LogP contribution is 1.97. The molecule has 0 atom stereocenters. The third-order valence-electron chi connectivity index (χ3n) is 1.32. The van der Waals surface area contributed by atoms with Crippen molar-refractivity contribution in [2.75, 3.05) is 13.6 Å². The summed E-state index contributed by atoms with van der Waals surface area (Å²) < 4.78 is 0. The topological polar surface area (TPSA) is 49.7 Å². The van der Waals surface area contributed by atoms with Crippen LogP contribution in [0.25, 0.3) is 0 Å². The van der Waals surface area contributed by atoms with Gasteiger partial charge in [0, 0.05) is 7.05 Å². The van der Waals surface area contributed by atoms with Gasteiger partial charge in [-0.3, -0.25) is 9.59 Å². The van der Waals surface area contributed by atoms with Gasteiger partial charge in [0.15, 0.2) is 0 Å². The summed E-state index contributed by atoms with van der Waals surface area (Å²) in [7, 11) is 1.58. The minimum atomic E-state index is -0.250. The molecule has 0 aliphatic carbocycles. The first-order valence-electron chi connectivity index (χ1n) is 2.95. The third kappa shape index (κ3) is 1.05. The van der Waals surface area contributed by atoms with E-state index in [0.717, 1.165) is 0 Å². The Balaban J connectivity index is 2.91. The average molecular weight is 140 g/mol. The van der Waals surface area contributed by atoms with Gasteiger partial charge in [-0.1, -0.05) is 0 Å². The molecule has 10 heavy (non-hydrogen) atoms. The van der Waals surface area contributed by atoms with Crippen LogP contribution in [0.3, 0.4) is 0 Å². The minimum absolute atomic E-state index is 0.107. The summed E-state index contributed by atoms with van der Waals surface area (Å²) in [6.45, 7) is 1.64. The second-order valence-electron chi connectivity index (χ2n) is 2.25. The lowest BCUT2D eigenvalue weighted by molar-refractivity contribution is -0.130. The molecule has 0 N–H and O–H groups in total. The van der Waals surface area contributed by atoms with Crippen molar-refractivity contribution in [3.8, 4) is 0 Å². The van der Waals surface area contributed by atoms with E-state index >= 15 is 0 Å². The predicted molar refractivity (Wildman–Crippen MR) is 35.8 cm³/mol. The Labute approximate surface area is 58.5 Å². The predicted octanol–water partition coefficient (Wildman–Crippen LogP) is -0.554. The molecule has 0 aromatic rings. The van der Waals surface area contributed by atoms with Gasteiger partial charge in [-0.2, -0.15) is 0 Å². The van der Waals surface area contributed by atoms with E-state index in [1.807, 2.05) is 0 Å². The van der Waals surface area contributed by atoms with E-state index in [9.17, 15) is 9.59 Å². The highest BCUT2D eigenvalue weighted by atomic mass is 16.2. The Bertz CT molecular complexity index is 220. The smallest absolute Gasteiger partial charge is 0.268 e. The molecule has 0 unspecified atom stereocenters. The first-order valence-corrected chi connectivity index (χ1v) is 2.95. The highest BCUT2D eigenvalue weighted by molar-refractivity contribution is 6.40. The lowest BCUT2D eigenvalue weighted by Gasteiger charge is -2.18. The molecule has 4 nitrogen and oxygen atoms in total. The first kappa shape index (κ1) is 6.92. The van der Waals surface area contributed by atoms with Crippen LogP contribution in [0.15, 0.2) is 4.99 Å². The van der Waals surface area contributed by atoms with Gasteiger partial charge >= 0.3 is 0 Å². The maximum absolute atomic E-state index is 10.9. The molecule has 0 bridgehead atoms. The molecular weight excluding hydrogens is 132 g/mol. The molecule has 4 heteroatoms. The van der Waals surface area contributed by atoms with Gasteiger partial charge < -0.3 is 4.90 Å². The largest absolute Gasteiger partial charge is 0.331 e. The van der Waals surface area contributed by atoms with Gasteiger partial charge in [-0.15, -0.1) is 0 Å². The second kappa shape index (κ2) is 2.21. The summed E-state index contributed by atoms with van der Waals surface area (Å²) in [5.74, 6) is -0.417. The quantitative estimate of drug-likeness (QED) is 0.453. The van der Waals surface area contributed by atoms with Gasteiger partial charge in [0.25, 0.3) is 11.8 Å². The number of likely N-dealkylation sites (N-methyl/N-ethyl adjacent to an activating group) is 1. The van der Waals surface area contributed by atoms with E-state index in [1.165, 1.54) is 11.8 Å². The molecule has 0 aromatic heterocycles. The van der Waals surface area contributed by atoms with Gasteiger partial charge in [-0.25, -0.2) is 4.99 Å². The molecule has 0 fully saturated rings. The zero-order chi connectivity index (χ0) is 7.72. The van der Waals surface area contributed by atoms with E-state index in [1.54, 1.807) is 7.05 Å². The number of carbonyl (C=O) groups is 2. The van der Waals surface area contributed by atoms with Crippen molar-refractivity contribution in [3.05, 3.63) is 0 Å². The Morgan fingerprint density at radius 1 is 1.50 bits per heavy atom. The van der Waals surface area contributed by atoms with Crippen molar-refractivity contribution >= 4 is 17.5 Å². The van der Waals surface area contributed by atoms with Crippen LogP contribution < -0.4 is 0 Å². The molecule has 2 amide bonds. The molecule has 1 heterocycles. The molecule has 1 rings (SSSR count). The number of hydrogen-bond acceptors (Lipinski definition) is 2.